The van der Waals surface area contributed by atoms with Gasteiger partial charge in [0.1, 0.15) is 0 Å². The second-order valence-corrected chi connectivity index (χ2v) is 3.73. The van der Waals surface area contributed by atoms with Crippen LogP contribution in [0.4, 0.5) is 17.3 Å². The summed E-state index contributed by atoms with van der Waals surface area (Å²) in [7, 11) is -6.00. The predicted molar refractivity (Wildman–Crippen MR) is 41.7 cm³/mol. The molecule has 1 rings (SSSR count). The van der Waals surface area contributed by atoms with Crippen LogP contribution in [0.5, 0.6) is 0 Å². The molecule has 0 aromatic heterocycles. The van der Waals surface area contributed by atoms with Gasteiger partial charge >= 0.3 is 7.25 Å². The first-order chi connectivity index (χ1) is 5.79. The van der Waals surface area contributed by atoms with Gasteiger partial charge in [-0.1, -0.05) is 11.6 Å². The van der Waals surface area contributed by atoms with E-state index in [1.807, 2.05) is 46.9 Å². The molecular formula is C6H5BClF4I. The van der Waals surface area contributed by atoms with Gasteiger partial charge in [-0.05, 0) is 24.3 Å². The molecule has 0 saturated heterocycles. The fourth-order valence-corrected chi connectivity index (χ4v) is 0.949. The van der Waals surface area contributed by atoms with Gasteiger partial charge in [-0.3, -0.25) is 0 Å². The highest BCUT2D eigenvalue weighted by Gasteiger charge is 2.20. The lowest BCUT2D eigenvalue weighted by Crippen LogP contribution is -3.34. The SMILES string of the molecule is Clc1ccc([IH+])cc1.F[B-](F)(F)F. The molecule has 0 N–H and O–H groups in total. The average Bonchev–Trinajstić information content (AvgIpc) is 1.92. The molecule has 0 nitrogen and oxygen atoms in total. The smallest absolute Gasteiger partial charge is 0.418 e. The maximum Gasteiger partial charge on any atom is 0.673 e. The molecule has 7 heteroatoms. The minimum atomic E-state index is -6.00. The van der Waals surface area contributed by atoms with Crippen LogP contribution >= 0.6 is 11.6 Å². The molecular weight excluding hydrogens is 321 g/mol. The van der Waals surface area contributed by atoms with Gasteiger partial charge in [0, 0.05) is 5.02 Å². The summed E-state index contributed by atoms with van der Waals surface area (Å²) in [6.45, 7) is 0. The molecule has 0 bridgehead atoms. The highest BCUT2D eigenvalue weighted by molar-refractivity contribution is 6.50. The van der Waals surface area contributed by atoms with E-state index in [1.165, 1.54) is 3.57 Å². The van der Waals surface area contributed by atoms with Crippen molar-refractivity contribution in [1.29, 1.82) is 0 Å². The predicted octanol–water partition coefficient (Wildman–Crippen LogP) is 0.0952. The van der Waals surface area contributed by atoms with Crippen LogP contribution in [0, 0.1) is 3.57 Å². The molecule has 0 spiro atoms. The Morgan fingerprint density at radius 3 is 1.54 bits per heavy atom. The Kier molecular flexibility index (Phi) is 5.70. The number of benzene rings is 1. The molecule has 0 aliphatic heterocycles. The minimum absolute atomic E-state index is 0.803. The Hall–Kier alpha value is 0.0249. The zero-order valence-electron chi connectivity index (χ0n) is 6.18. The van der Waals surface area contributed by atoms with Gasteiger partial charge in [0.15, 0.2) is 3.57 Å². The molecule has 1 aromatic rings. The molecule has 74 valence electrons. The van der Waals surface area contributed by atoms with E-state index in [1.54, 1.807) is 0 Å². The summed E-state index contributed by atoms with van der Waals surface area (Å²) in [5, 5.41) is 0.803. The van der Waals surface area contributed by atoms with E-state index in [0.717, 1.165) is 5.02 Å². The van der Waals surface area contributed by atoms with Crippen molar-refractivity contribution in [1.82, 2.24) is 0 Å². The molecule has 0 aliphatic carbocycles. The summed E-state index contributed by atoms with van der Waals surface area (Å²) in [6.07, 6.45) is 0. The van der Waals surface area contributed by atoms with E-state index >= 15 is 0 Å². The maximum atomic E-state index is 9.75. The van der Waals surface area contributed by atoms with Crippen molar-refractivity contribution in [2.75, 3.05) is 0 Å². The number of hydrogen-bond acceptors (Lipinski definition) is 0. The molecule has 0 amide bonds. The van der Waals surface area contributed by atoms with E-state index < -0.39 is 7.25 Å². The second kappa shape index (κ2) is 5.69. The van der Waals surface area contributed by atoms with Gasteiger partial charge in [0.25, 0.3) is 22.6 Å². The van der Waals surface area contributed by atoms with Crippen molar-refractivity contribution >= 4 is 18.9 Å². The van der Waals surface area contributed by atoms with Crippen molar-refractivity contribution in [2.24, 2.45) is 0 Å². The number of rotatable bonds is 0. The standard InChI is InChI=1S/C6H5ClI.BF4/c7-5-1-3-6(8)4-2-5;2-1(3,4)5/h1-4,8H;/q+1;-1. The lowest BCUT2D eigenvalue weighted by molar-refractivity contribution is -0.328. The molecule has 0 aliphatic rings. The quantitative estimate of drug-likeness (QED) is 0.360. The number of hydrogen-bond donors (Lipinski definition) is 0. The van der Waals surface area contributed by atoms with Crippen LogP contribution in [-0.2, 0) is 0 Å². The molecule has 0 fully saturated rings. The van der Waals surface area contributed by atoms with Crippen LogP contribution in [0.15, 0.2) is 24.3 Å². The van der Waals surface area contributed by atoms with E-state index in [2.05, 4.69) is 0 Å². The maximum absolute atomic E-state index is 9.75. The van der Waals surface area contributed by atoms with Gasteiger partial charge in [0.05, 0.1) is 0 Å². The summed E-state index contributed by atoms with van der Waals surface area (Å²) in [4.78, 5) is 0. The van der Waals surface area contributed by atoms with E-state index in [9.17, 15) is 17.3 Å². The van der Waals surface area contributed by atoms with Gasteiger partial charge < -0.3 is 17.3 Å². The Morgan fingerprint density at radius 1 is 1.00 bits per heavy atom. The van der Waals surface area contributed by atoms with Crippen LogP contribution in [0.3, 0.4) is 0 Å². The van der Waals surface area contributed by atoms with Gasteiger partial charge in [-0.2, -0.15) is 0 Å². The Bertz CT molecular complexity index is 221. The summed E-state index contributed by atoms with van der Waals surface area (Å²) in [5.74, 6) is 0. The normalized spacial score (nSPS) is 10.3. The first-order valence-electron chi connectivity index (χ1n) is 3.09. The van der Waals surface area contributed by atoms with Crippen molar-refractivity contribution in [3.63, 3.8) is 0 Å². The van der Waals surface area contributed by atoms with Crippen molar-refractivity contribution in [3.05, 3.63) is 32.9 Å². The molecule has 0 radical (unpaired) electrons. The summed E-state index contributed by atoms with van der Waals surface area (Å²) in [6, 6.07) is 7.76. The Labute approximate surface area is 91.5 Å². The third-order valence-corrected chi connectivity index (χ3v) is 1.84. The zero-order valence-corrected chi connectivity index (χ0v) is 9.27. The lowest BCUT2D eigenvalue weighted by Gasteiger charge is -1.94. The van der Waals surface area contributed by atoms with Gasteiger partial charge in [-0.15, -0.1) is 0 Å². The van der Waals surface area contributed by atoms with Gasteiger partial charge in [0.2, 0.25) is 0 Å². The highest BCUT2D eigenvalue weighted by Crippen LogP contribution is 2.06. The topological polar surface area (TPSA) is 0 Å². The van der Waals surface area contributed by atoms with E-state index in [0.29, 0.717) is 0 Å². The molecule has 1 aromatic carbocycles. The van der Waals surface area contributed by atoms with E-state index in [-0.39, 0.29) is 0 Å². The van der Waals surface area contributed by atoms with Crippen molar-refractivity contribution in [3.8, 4) is 0 Å². The fraction of sp³-hybridized carbons (Fsp3) is 0. The lowest BCUT2D eigenvalue weighted by atomic mass is 10.3. The first-order valence-corrected chi connectivity index (χ1v) is 4.63. The molecule has 13 heavy (non-hydrogen) atoms. The van der Waals surface area contributed by atoms with Crippen molar-refractivity contribution < 1.29 is 39.9 Å². The van der Waals surface area contributed by atoms with Crippen LogP contribution in [0.1, 0.15) is 0 Å². The van der Waals surface area contributed by atoms with Crippen molar-refractivity contribution in [2.45, 2.75) is 0 Å². The zero-order chi connectivity index (χ0) is 10.5. The van der Waals surface area contributed by atoms with Crippen LogP contribution in [0.2, 0.25) is 5.02 Å². The molecule has 0 unspecified atom stereocenters. The minimum Gasteiger partial charge on any atom is -0.418 e. The largest absolute Gasteiger partial charge is 0.673 e. The fourth-order valence-electron chi connectivity index (χ4n) is 0.435. The van der Waals surface area contributed by atoms with Crippen LogP contribution in [0.25, 0.3) is 0 Å². The van der Waals surface area contributed by atoms with Crippen LogP contribution in [-0.4, -0.2) is 7.25 Å². The summed E-state index contributed by atoms with van der Waals surface area (Å²) >= 11 is 7.58. The molecule has 0 atom stereocenters. The second-order valence-electron chi connectivity index (χ2n) is 1.95. The summed E-state index contributed by atoms with van der Waals surface area (Å²) < 4.78 is 40.3. The third-order valence-electron chi connectivity index (χ3n) is 0.814. The van der Waals surface area contributed by atoms with Gasteiger partial charge in [-0.25, -0.2) is 0 Å². The molecule has 0 heterocycles. The first kappa shape index (κ1) is 13.0. The highest BCUT2D eigenvalue weighted by atomic mass is 127. The summed E-state index contributed by atoms with van der Waals surface area (Å²) in [5.41, 5.74) is 0. The monoisotopic (exact) mass is 326 g/mol. The Balaban J connectivity index is 0.000000252. The Morgan fingerprint density at radius 2 is 1.31 bits per heavy atom. The van der Waals surface area contributed by atoms with E-state index in [4.69, 9.17) is 11.6 Å². The van der Waals surface area contributed by atoms with Crippen LogP contribution < -0.4 is 22.6 Å². The third kappa shape index (κ3) is 12.0. The average molecular weight is 326 g/mol. The molecule has 0 saturated carbocycles. The number of halogens is 6.